The average molecular weight is 336 g/mol. The molecule has 3 aromatic rings. The van der Waals surface area contributed by atoms with E-state index in [0.29, 0.717) is 17.2 Å². The standard InChI is InChI=1S/C19H17FN4O/c1-12-3-6-17(9-13(12)2)24-19-21-10-14(11-22-19)18(25)23-16-7-4-15(20)5-8-16/h3-11H,1-2H3,(H,23,25)(H,21,22,24). The normalized spacial score (nSPS) is 10.4. The summed E-state index contributed by atoms with van der Waals surface area (Å²) in [5, 5.41) is 5.76. The zero-order valence-corrected chi connectivity index (χ0v) is 13.9. The van der Waals surface area contributed by atoms with Gasteiger partial charge in [0.15, 0.2) is 0 Å². The summed E-state index contributed by atoms with van der Waals surface area (Å²) in [6.45, 7) is 4.08. The molecule has 126 valence electrons. The van der Waals surface area contributed by atoms with Gasteiger partial charge in [-0.15, -0.1) is 0 Å². The van der Waals surface area contributed by atoms with Crippen LogP contribution in [-0.2, 0) is 0 Å². The highest BCUT2D eigenvalue weighted by Gasteiger charge is 2.08. The molecule has 0 aliphatic heterocycles. The highest BCUT2D eigenvalue weighted by atomic mass is 19.1. The zero-order chi connectivity index (χ0) is 17.8. The number of aromatic nitrogens is 2. The van der Waals surface area contributed by atoms with Crippen LogP contribution >= 0.6 is 0 Å². The van der Waals surface area contributed by atoms with E-state index >= 15 is 0 Å². The van der Waals surface area contributed by atoms with Crippen molar-refractivity contribution in [3.63, 3.8) is 0 Å². The van der Waals surface area contributed by atoms with Gasteiger partial charge in [-0.1, -0.05) is 6.07 Å². The van der Waals surface area contributed by atoms with Crippen molar-refractivity contribution in [2.24, 2.45) is 0 Å². The Morgan fingerprint density at radius 3 is 2.20 bits per heavy atom. The van der Waals surface area contributed by atoms with Crippen LogP contribution in [0.1, 0.15) is 21.5 Å². The molecule has 0 fully saturated rings. The molecule has 1 amide bonds. The van der Waals surface area contributed by atoms with Crippen LogP contribution in [0.5, 0.6) is 0 Å². The van der Waals surface area contributed by atoms with E-state index in [-0.39, 0.29) is 11.7 Å². The number of benzene rings is 2. The second kappa shape index (κ2) is 7.09. The Morgan fingerprint density at radius 2 is 1.56 bits per heavy atom. The van der Waals surface area contributed by atoms with Crippen LogP contribution in [0.3, 0.4) is 0 Å². The lowest BCUT2D eigenvalue weighted by Gasteiger charge is -2.08. The Labute approximate surface area is 145 Å². The first-order valence-electron chi connectivity index (χ1n) is 7.74. The van der Waals surface area contributed by atoms with Crippen LogP contribution in [0.2, 0.25) is 0 Å². The van der Waals surface area contributed by atoms with E-state index in [0.717, 1.165) is 5.69 Å². The molecule has 0 unspecified atom stereocenters. The second-order valence-electron chi connectivity index (χ2n) is 5.68. The Morgan fingerprint density at radius 1 is 0.920 bits per heavy atom. The van der Waals surface area contributed by atoms with Gasteiger partial charge in [-0.25, -0.2) is 14.4 Å². The monoisotopic (exact) mass is 336 g/mol. The number of halogens is 1. The van der Waals surface area contributed by atoms with E-state index in [1.165, 1.54) is 47.8 Å². The minimum atomic E-state index is -0.358. The van der Waals surface area contributed by atoms with Crippen LogP contribution in [0, 0.1) is 19.7 Å². The third-order valence-electron chi connectivity index (χ3n) is 3.78. The predicted octanol–water partition coefficient (Wildman–Crippen LogP) is 4.23. The van der Waals surface area contributed by atoms with Gasteiger partial charge in [0.2, 0.25) is 5.95 Å². The van der Waals surface area contributed by atoms with Crippen molar-refractivity contribution in [2.75, 3.05) is 10.6 Å². The molecule has 0 bridgehead atoms. The number of hydrogen-bond acceptors (Lipinski definition) is 4. The van der Waals surface area contributed by atoms with Crippen molar-refractivity contribution in [3.8, 4) is 0 Å². The fourth-order valence-electron chi connectivity index (χ4n) is 2.19. The zero-order valence-electron chi connectivity index (χ0n) is 13.9. The molecule has 0 saturated carbocycles. The molecular formula is C19H17FN4O. The molecule has 2 N–H and O–H groups in total. The lowest BCUT2D eigenvalue weighted by atomic mass is 10.1. The van der Waals surface area contributed by atoms with Crippen molar-refractivity contribution in [2.45, 2.75) is 13.8 Å². The number of amides is 1. The van der Waals surface area contributed by atoms with Gasteiger partial charge in [0, 0.05) is 23.8 Å². The molecule has 0 radical (unpaired) electrons. The minimum Gasteiger partial charge on any atom is -0.324 e. The number of nitrogens with one attached hydrogen (secondary N) is 2. The Kier molecular flexibility index (Phi) is 4.70. The third-order valence-corrected chi connectivity index (χ3v) is 3.78. The second-order valence-corrected chi connectivity index (χ2v) is 5.68. The Bertz CT molecular complexity index is 892. The van der Waals surface area contributed by atoms with Crippen LogP contribution < -0.4 is 10.6 Å². The van der Waals surface area contributed by atoms with Crippen LogP contribution in [0.25, 0.3) is 0 Å². The Hall–Kier alpha value is -3.28. The van der Waals surface area contributed by atoms with Crippen molar-refractivity contribution in [1.29, 1.82) is 0 Å². The van der Waals surface area contributed by atoms with Gasteiger partial charge in [-0.05, 0) is 61.4 Å². The lowest BCUT2D eigenvalue weighted by molar-refractivity contribution is 0.102. The average Bonchev–Trinajstić information content (AvgIpc) is 2.61. The quantitative estimate of drug-likeness (QED) is 0.748. The first-order valence-corrected chi connectivity index (χ1v) is 7.74. The summed E-state index contributed by atoms with van der Waals surface area (Å²) in [6.07, 6.45) is 2.88. The summed E-state index contributed by atoms with van der Waals surface area (Å²) < 4.78 is 12.9. The maximum Gasteiger partial charge on any atom is 0.258 e. The largest absolute Gasteiger partial charge is 0.324 e. The van der Waals surface area contributed by atoms with E-state index < -0.39 is 0 Å². The van der Waals surface area contributed by atoms with Crippen LogP contribution in [-0.4, -0.2) is 15.9 Å². The molecule has 0 atom stereocenters. The van der Waals surface area contributed by atoms with Crippen molar-refractivity contribution < 1.29 is 9.18 Å². The molecule has 0 aliphatic rings. The SMILES string of the molecule is Cc1ccc(Nc2ncc(C(=O)Nc3ccc(F)cc3)cn2)cc1C. The maximum atomic E-state index is 12.9. The lowest BCUT2D eigenvalue weighted by Crippen LogP contribution is -2.13. The summed E-state index contributed by atoms with van der Waals surface area (Å²) in [6, 6.07) is 11.5. The first-order chi connectivity index (χ1) is 12.0. The molecule has 1 heterocycles. The molecular weight excluding hydrogens is 319 g/mol. The summed E-state index contributed by atoms with van der Waals surface area (Å²) in [4.78, 5) is 20.5. The third kappa shape index (κ3) is 4.17. The highest BCUT2D eigenvalue weighted by Crippen LogP contribution is 2.17. The summed E-state index contributed by atoms with van der Waals surface area (Å²) >= 11 is 0. The smallest absolute Gasteiger partial charge is 0.258 e. The number of rotatable bonds is 4. The summed E-state index contributed by atoms with van der Waals surface area (Å²) in [5.74, 6) is -0.311. The van der Waals surface area contributed by atoms with Gasteiger partial charge in [-0.3, -0.25) is 4.79 Å². The molecule has 2 aromatic carbocycles. The van der Waals surface area contributed by atoms with Gasteiger partial charge in [0.1, 0.15) is 5.82 Å². The molecule has 6 heteroatoms. The van der Waals surface area contributed by atoms with E-state index in [1.807, 2.05) is 32.0 Å². The number of hydrogen-bond donors (Lipinski definition) is 2. The summed E-state index contributed by atoms with van der Waals surface area (Å²) in [5.41, 5.74) is 4.07. The van der Waals surface area contributed by atoms with Crippen molar-refractivity contribution in [3.05, 3.63) is 77.4 Å². The van der Waals surface area contributed by atoms with E-state index in [4.69, 9.17) is 0 Å². The number of carbonyl (C=O) groups is 1. The molecule has 0 spiro atoms. The van der Waals surface area contributed by atoms with Crippen molar-refractivity contribution >= 4 is 23.2 Å². The Balaban J connectivity index is 1.67. The predicted molar refractivity (Wildman–Crippen MR) is 95.6 cm³/mol. The number of anilines is 3. The number of nitrogens with zero attached hydrogens (tertiary/aromatic N) is 2. The highest BCUT2D eigenvalue weighted by molar-refractivity contribution is 6.03. The molecule has 0 aliphatic carbocycles. The van der Waals surface area contributed by atoms with Gasteiger partial charge < -0.3 is 10.6 Å². The summed E-state index contributed by atoms with van der Waals surface area (Å²) in [7, 11) is 0. The van der Waals surface area contributed by atoms with Gasteiger partial charge >= 0.3 is 0 Å². The topological polar surface area (TPSA) is 66.9 Å². The number of aryl methyl sites for hydroxylation is 2. The molecule has 3 rings (SSSR count). The number of carbonyl (C=O) groups excluding carboxylic acids is 1. The minimum absolute atomic E-state index is 0.315. The molecule has 1 aromatic heterocycles. The van der Waals surface area contributed by atoms with E-state index in [1.54, 1.807) is 0 Å². The van der Waals surface area contributed by atoms with Crippen LogP contribution in [0.15, 0.2) is 54.9 Å². The van der Waals surface area contributed by atoms with Crippen molar-refractivity contribution in [1.82, 2.24) is 9.97 Å². The van der Waals surface area contributed by atoms with E-state index in [9.17, 15) is 9.18 Å². The van der Waals surface area contributed by atoms with Gasteiger partial charge in [0.25, 0.3) is 5.91 Å². The first kappa shape index (κ1) is 16.6. The molecule has 0 saturated heterocycles. The van der Waals surface area contributed by atoms with Gasteiger partial charge in [0.05, 0.1) is 5.56 Å². The van der Waals surface area contributed by atoms with Gasteiger partial charge in [-0.2, -0.15) is 0 Å². The fraction of sp³-hybridized carbons (Fsp3) is 0.105. The fourth-order valence-corrected chi connectivity index (χ4v) is 2.19. The van der Waals surface area contributed by atoms with E-state index in [2.05, 4.69) is 20.6 Å². The molecule has 25 heavy (non-hydrogen) atoms. The molecule has 5 nitrogen and oxygen atoms in total. The van der Waals surface area contributed by atoms with Crippen LogP contribution in [0.4, 0.5) is 21.7 Å². The maximum absolute atomic E-state index is 12.9.